The van der Waals surface area contributed by atoms with Crippen molar-refractivity contribution in [1.29, 1.82) is 0 Å². The summed E-state index contributed by atoms with van der Waals surface area (Å²) in [6, 6.07) is 14.8. The quantitative estimate of drug-likeness (QED) is 0.377. The summed E-state index contributed by atoms with van der Waals surface area (Å²) < 4.78 is 5.50. The number of hydrogen-bond donors (Lipinski definition) is 4. The van der Waals surface area contributed by atoms with E-state index in [1.165, 1.54) is 11.1 Å². The van der Waals surface area contributed by atoms with Gasteiger partial charge in [0.1, 0.15) is 12.6 Å². The van der Waals surface area contributed by atoms with Gasteiger partial charge < -0.3 is 26.8 Å². The summed E-state index contributed by atoms with van der Waals surface area (Å²) in [5.41, 5.74) is 15.9. The van der Waals surface area contributed by atoms with Gasteiger partial charge in [-0.05, 0) is 47.4 Å². The Morgan fingerprint density at radius 1 is 1.00 bits per heavy atom. The molecular formula is C26H34N4O4. The van der Waals surface area contributed by atoms with Crippen LogP contribution in [0.2, 0.25) is 0 Å². The summed E-state index contributed by atoms with van der Waals surface area (Å²) in [6.07, 6.45) is 0.787. The number of primary amides is 1. The Kier molecular flexibility index (Phi) is 8.65. The number of alkyl carbamates (subject to hydrolysis) is 1. The molecule has 0 saturated heterocycles. The lowest BCUT2D eigenvalue weighted by Gasteiger charge is -2.20. The molecule has 3 rings (SSSR count). The van der Waals surface area contributed by atoms with Crippen molar-refractivity contribution in [1.82, 2.24) is 10.6 Å². The van der Waals surface area contributed by atoms with Crippen LogP contribution < -0.4 is 22.1 Å². The van der Waals surface area contributed by atoms with Crippen molar-refractivity contribution in [3.05, 3.63) is 59.7 Å². The molecule has 0 bridgehead atoms. The maximum atomic E-state index is 12.3. The van der Waals surface area contributed by atoms with Crippen molar-refractivity contribution in [2.24, 2.45) is 17.4 Å². The molecule has 2 atom stereocenters. The van der Waals surface area contributed by atoms with Crippen molar-refractivity contribution >= 4 is 17.9 Å². The summed E-state index contributed by atoms with van der Waals surface area (Å²) >= 11 is 0. The predicted octanol–water partition coefficient (Wildman–Crippen LogP) is 2.65. The minimum Gasteiger partial charge on any atom is -0.449 e. The second-order valence-electron chi connectivity index (χ2n) is 9.09. The molecule has 1 aliphatic carbocycles. The summed E-state index contributed by atoms with van der Waals surface area (Å²) in [4.78, 5) is 36.0. The number of benzene rings is 2. The Balaban J connectivity index is 1.41. The molecule has 8 heteroatoms. The van der Waals surface area contributed by atoms with Crippen LogP contribution in [-0.4, -0.2) is 43.1 Å². The molecule has 0 saturated carbocycles. The van der Waals surface area contributed by atoms with E-state index in [0.29, 0.717) is 25.8 Å². The van der Waals surface area contributed by atoms with Crippen LogP contribution in [-0.2, 0) is 14.3 Å². The van der Waals surface area contributed by atoms with Crippen molar-refractivity contribution in [3.8, 4) is 11.1 Å². The molecule has 2 aromatic rings. The molecule has 0 spiro atoms. The Morgan fingerprint density at radius 3 is 2.15 bits per heavy atom. The molecule has 2 aromatic carbocycles. The number of fused-ring (bicyclic) bond motifs is 3. The molecule has 34 heavy (non-hydrogen) atoms. The number of carbonyl (C=O) groups excluding carboxylic acids is 3. The van der Waals surface area contributed by atoms with Gasteiger partial charge in [-0.15, -0.1) is 0 Å². The van der Waals surface area contributed by atoms with E-state index in [1.54, 1.807) is 0 Å². The number of hydrogen-bond acceptors (Lipinski definition) is 5. The Labute approximate surface area is 200 Å². The van der Waals surface area contributed by atoms with Crippen molar-refractivity contribution < 1.29 is 19.1 Å². The van der Waals surface area contributed by atoms with Crippen LogP contribution in [0.3, 0.4) is 0 Å². The molecule has 8 nitrogen and oxygen atoms in total. The van der Waals surface area contributed by atoms with E-state index in [4.69, 9.17) is 16.2 Å². The number of nitrogens with one attached hydrogen (secondary N) is 2. The lowest BCUT2D eigenvalue weighted by Crippen LogP contribution is -2.50. The minimum atomic E-state index is -0.793. The first-order chi connectivity index (χ1) is 16.3. The van der Waals surface area contributed by atoms with Crippen LogP contribution >= 0.6 is 0 Å². The van der Waals surface area contributed by atoms with Gasteiger partial charge in [0.15, 0.2) is 0 Å². The molecule has 0 radical (unpaired) electrons. The van der Waals surface area contributed by atoms with Gasteiger partial charge in [-0.3, -0.25) is 9.59 Å². The lowest BCUT2D eigenvalue weighted by molar-refractivity contribution is -0.128. The molecule has 0 aromatic heterocycles. The summed E-state index contributed by atoms with van der Waals surface area (Å²) in [5, 5.41) is 5.33. The third-order valence-electron chi connectivity index (χ3n) is 6.01. The zero-order chi connectivity index (χ0) is 24.7. The lowest BCUT2D eigenvalue weighted by atomic mass is 9.98. The topological polar surface area (TPSA) is 137 Å². The Morgan fingerprint density at radius 2 is 1.59 bits per heavy atom. The molecular weight excluding hydrogens is 432 g/mol. The van der Waals surface area contributed by atoms with Gasteiger partial charge in [-0.2, -0.15) is 0 Å². The van der Waals surface area contributed by atoms with Crippen LogP contribution in [0, 0.1) is 5.92 Å². The average Bonchev–Trinajstić information content (AvgIpc) is 3.13. The van der Waals surface area contributed by atoms with Gasteiger partial charge in [0.05, 0.1) is 6.04 Å². The maximum Gasteiger partial charge on any atom is 0.407 e. The monoisotopic (exact) mass is 466 g/mol. The second kappa shape index (κ2) is 11.7. The Hall–Kier alpha value is -3.39. The van der Waals surface area contributed by atoms with Crippen LogP contribution in [0.5, 0.6) is 0 Å². The van der Waals surface area contributed by atoms with E-state index in [9.17, 15) is 14.4 Å². The standard InChI is InChI=1S/C26H34N4O4/c1-16(2)14-23(24(28)31)30-25(32)22(27)12-7-13-29-26(33)34-15-21-19-10-5-3-8-17(19)18-9-4-6-11-20(18)21/h3-6,8-11,16,21-23H,7,12-15,27H2,1-2H3,(H2,28,31)(H,29,33)(H,30,32)/t22-,23-/m0/s1. The van der Waals surface area contributed by atoms with Gasteiger partial charge in [0.25, 0.3) is 0 Å². The number of amides is 3. The fourth-order valence-corrected chi connectivity index (χ4v) is 4.29. The van der Waals surface area contributed by atoms with Crippen LogP contribution in [0.25, 0.3) is 11.1 Å². The largest absolute Gasteiger partial charge is 0.449 e. The van der Waals surface area contributed by atoms with E-state index in [-0.39, 0.29) is 18.4 Å². The molecule has 0 unspecified atom stereocenters. The van der Waals surface area contributed by atoms with Gasteiger partial charge in [-0.25, -0.2) is 4.79 Å². The predicted molar refractivity (Wildman–Crippen MR) is 131 cm³/mol. The van der Waals surface area contributed by atoms with Crippen LogP contribution in [0.15, 0.2) is 48.5 Å². The van der Waals surface area contributed by atoms with Crippen LogP contribution in [0.1, 0.15) is 50.2 Å². The highest BCUT2D eigenvalue weighted by atomic mass is 16.5. The zero-order valence-electron chi connectivity index (χ0n) is 19.8. The van der Waals surface area contributed by atoms with Crippen molar-refractivity contribution in [2.45, 2.75) is 51.1 Å². The first-order valence-electron chi connectivity index (χ1n) is 11.7. The maximum absolute atomic E-state index is 12.3. The van der Waals surface area contributed by atoms with E-state index >= 15 is 0 Å². The fraction of sp³-hybridized carbons (Fsp3) is 0.423. The minimum absolute atomic E-state index is 0.000640. The van der Waals surface area contributed by atoms with E-state index in [2.05, 4.69) is 34.9 Å². The molecule has 0 aliphatic heterocycles. The van der Waals surface area contributed by atoms with Gasteiger partial charge in [0, 0.05) is 12.5 Å². The SMILES string of the molecule is CC(C)C[C@H](NC(=O)[C@@H](N)CCCNC(=O)OCC1c2ccccc2-c2ccccc21)C(N)=O. The molecule has 0 fully saturated rings. The normalized spacial score (nSPS) is 14.1. The molecule has 1 aliphatic rings. The summed E-state index contributed by atoms with van der Waals surface area (Å²) in [7, 11) is 0. The molecule has 6 N–H and O–H groups in total. The fourth-order valence-electron chi connectivity index (χ4n) is 4.29. The second-order valence-corrected chi connectivity index (χ2v) is 9.09. The van der Waals surface area contributed by atoms with Crippen LogP contribution in [0.4, 0.5) is 4.79 Å². The average molecular weight is 467 g/mol. The highest BCUT2D eigenvalue weighted by Gasteiger charge is 2.29. The Bertz CT molecular complexity index is 978. The van der Waals surface area contributed by atoms with E-state index in [1.807, 2.05) is 38.1 Å². The van der Waals surface area contributed by atoms with Crippen molar-refractivity contribution in [2.75, 3.05) is 13.2 Å². The number of rotatable bonds is 11. The van der Waals surface area contributed by atoms with E-state index in [0.717, 1.165) is 11.1 Å². The zero-order valence-corrected chi connectivity index (χ0v) is 19.8. The summed E-state index contributed by atoms with van der Waals surface area (Å²) in [5.74, 6) is -0.800. The van der Waals surface area contributed by atoms with Crippen molar-refractivity contribution in [3.63, 3.8) is 0 Å². The molecule has 3 amide bonds. The molecule has 0 heterocycles. The first kappa shape index (κ1) is 25.2. The van der Waals surface area contributed by atoms with E-state index < -0.39 is 30.0 Å². The highest BCUT2D eigenvalue weighted by Crippen LogP contribution is 2.44. The third-order valence-corrected chi connectivity index (χ3v) is 6.01. The number of ether oxygens (including phenoxy) is 1. The van der Waals surface area contributed by atoms with Gasteiger partial charge in [-0.1, -0.05) is 62.4 Å². The third kappa shape index (κ3) is 6.35. The number of nitrogens with two attached hydrogens (primary N) is 2. The van der Waals surface area contributed by atoms with Gasteiger partial charge in [0.2, 0.25) is 11.8 Å². The summed E-state index contributed by atoms with van der Waals surface area (Å²) in [6.45, 7) is 4.45. The highest BCUT2D eigenvalue weighted by molar-refractivity contribution is 5.88. The molecule has 182 valence electrons. The first-order valence-corrected chi connectivity index (χ1v) is 11.7. The smallest absolute Gasteiger partial charge is 0.407 e. The number of carbonyl (C=O) groups is 3. The van der Waals surface area contributed by atoms with Gasteiger partial charge >= 0.3 is 6.09 Å².